The van der Waals surface area contributed by atoms with Crippen molar-refractivity contribution in [2.24, 2.45) is 5.41 Å². The number of carbonyl (C=O) groups is 1. The third-order valence-electron chi connectivity index (χ3n) is 3.82. The molecule has 20 heavy (non-hydrogen) atoms. The van der Waals surface area contributed by atoms with Gasteiger partial charge in [-0.15, -0.1) is 0 Å². The third-order valence-corrected chi connectivity index (χ3v) is 3.82. The molecule has 1 aromatic rings. The Morgan fingerprint density at radius 1 is 1.40 bits per heavy atom. The highest BCUT2D eigenvalue weighted by Crippen LogP contribution is 2.34. The summed E-state index contributed by atoms with van der Waals surface area (Å²) in [4.78, 5) is 11.9. The van der Waals surface area contributed by atoms with E-state index in [9.17, 15) is 4.79 Å². The quantitative estimate of drug-likeness (QED) is 0.831. The molecule has 0 radical (unpaired) electrons. The molecular weight excluding hydrogens is 252 g/mol. The van der Waals surface area contributed by atoms with Gasteiger partial charge in [-0.3, -0.25) is 4.79 Å². The van der Waals surface area contributed by atoms with Gasteiger partial charge < -0.3 is 15.8 Å². The minimum Gasteiger partial charge on any atom is -0.484 e. The monoisotopic (exact) mass is 276 g/mol. The van der Waals surface area contributed by atoms with Gasteiger partial charge in [-0.05, 0) is 48.9 Å². The second-order valence-corrected chi connectivity index (χ2v) is 6.38. The van der Waals surface area contributed by atoms with E-state index in [-0.39, 0.29) is 18.6 Å². The Morgan fingerprint density at radius 3 is 2.75 bits per heavy atom. The SMILES string of the molecule is CC1(C)CCCC(NC(=O)COc2ccc(N)cc2)C1. The summed E-state index contributed by atoms with van der Waals surface area (Å²) in [6.45, 7) is 4.58. The van der Waals surface area contributed by atoms with Gasteiger partial charge in [0.15, 0.2) is 6.61 Å². The topological polar surface area (TPSA) is 64.3 Å². The molecule has 1 atom stereocenters. The summed E-state index contributed by atoms with van der Waals surface area (Å²) < 4.78 is 5.45. The average Bonchev–Trinajstić information content (AvgIpc) is 2.37. The van der Waals surface area contributed by atoms with Gasteiger partial charge in [-0.1, -0.05) is 20.3 Å². The fourth-order valence-corrected chi connectivity index (χ4v) is 2.80. The molecule has 1 amide bonds. The van der Waals surface area contributed by atoms with E-state index in [1.807, 2.05) is 0 Å². The lowest BCUT2D eigenvalue weighted by Crippen LogP contribution is -2.42. The van der Waals surface area contributed by atoms with Crippen LogP contribution in [0.5, 0.6) is 5.75 Å². The summed E-state index contributed by atoms with van der Waals surface area (Å²) in [5, 5.41) is 3.07. The van der Waals surface area contributed by atoms with Crippen LogP contribution in [0.1, 0.15) is 39.5 Å². The molecule has 0 heterocycles. The molecule has 0 spiro atoms. The van der Waals surface area contributed by atoms with Crippen molar-refractivity contribution in [3.8, 4) is 5.75 Å². The zero-order valence-corrected chi connectivity index (χ0v) is 12.3. The van der Waals surface area contributed by atoms with Crippen LogP contribution in [0.3, 0.4) is 0 Å². The highest BCUT2D eigenvalue weighted by molar-refractivity contribution is 5.77. The highest BCUT2D eigenvalue weighted by atomic mass is 16.5. The highest BCUT2D eigenvalue weighted by Gasteiger charge is 2.28. The molecule has 4 nitrogen and oxygen atoms in total. The Balaban J connectivity index is 1.76. The number of benzene rings is 1. The van der Waals surface area contributed by atoms with Gasteiger partial charge in [-0.2, -0.15) is 0 Å². The first kappa shape index (κ1) is 14.7. The first-order chi connectivity index (χ1) is 9.44. The molecule has 4 heteroatoms. The van der Waals surface area contributed by atoms with E-state index >= 15 is 0 Å². The Morgan fingerprint density at radius 2 is 2.10 bits per heavy atom. The molecule has 3 N–H and O–H groups in total. The number of carbonyl (C=O) groups excluding carboxylic acids is 1. The van der Waals surface area contributed by atoms with Crippen LogP contribution < -0.4 is 15.8 Å². The van der Waals surface area contributed by atoms with E-state index < -0.39 is 0 Å². The fourth-order valence-electron chi connectivity index (χ4n) is 2.80. The van der Waals surface area contributed by atoms with Crippen molar-refractivity contribution in [1.29, 1.82) is 0 Å². The predicted octanol–water partition coefficient (Wildman–Crippen LogP) is 2.73. The molecule has 0 saturated heterocycles. The number of nitrogens with one attached hydrogen (secondary N) is 1. The smallest absolute Gasteiger partial charge is 0.258 e. The normalized spacial score (nSPS) is 21.2. The van der Waals surface area contributed by atoms with Gasteiger partial charge in [-0.25, -0.2) is 0 Å². The molecule has 0 aliphatic heterocycles. The van der Waals surface area contributed by atoms with Crippen LogP contribution in [0.2, 0.25) is 0 Å². The largest absolute Gasteiger partial charge is 0.484 e. The number of nitrogen functional groups attached to an aromatic ring is 1. The minimum atomic E-state index is -0.0514. The third kappa shape index (κ3) is 4.44. The number of nitrogens with two attached hydrogens (primary N) is 1. The van der Waals surface area contributed by atoms with Gasteiger partial charge in [0.1, 0.15) is 5.75 Å². The van der Waals surface area contributed by atoms with Crippen LogP contribution in [0.25, 0.3) is 0 Å². The van der Waals surface area contributed by atoms with Crippen molar-refractivity contribution in [3.63, 3.8) is 0 Å². The zero-order valence-electron chi connectivity index (χ0n) is 12.3. The number of hydrogen-bond donors (Lipinski definition) is 2. The van der Waals surface area contributed by atoms with Crippen LogP contribution in [0, 0.1) is 5.41 Å². The average molecular weight is 276 g/mol. The number of amides is 1. The maximum absolute atomic E-state index is 11.9. The lowest BCUT2D eigenvalue weighted by atomic mass is 9.75. The molecule has 0 aromatic heterocycles. The first-order valence-corrected chi connectivity index (χ1v) is 7.22. The molecule has 1 aromatic carbocycles. The second-order valence-electron chi connectivity index (χ2n) is 6.38. The van der Waals surface area contributed by atoms with E-state index in [2.05, 4.69) is 19.2 Å². The molecule has 110 valence electrons. The maximum atomic E-state index is 11.9. The molecule has 1 saturated carbocycles. The fraction of sp³-hybridized carbons (Fsp3) is 0.562. The lowest BCUT2D eigenvalue weighted by Gasteiger charge is -2.35. The number of hydrogen-bond acceptors (Lipinski definition) is 3. The number of rotatable bonds is 4. The van der Waals surface area contributed by atoms with E-state index in [0.29, 0.717) is 16.9 Å². The van der Waals surface area contributed by atoms with Crippen LogP contribution in [0.15, 0.2) is 24.3 Å². The van der Waals surface area contributed by atoms with E-state index in [0.717, 1.165) is 12.8 Å². The molecule has 1 unspecified atom stereocenters. The zero-order chi connectivity index (χ0) is 14.6. The molecule has 1 fully saturated rings. The summed E-state index contributed by atoms with van der Waals surface area (Å²) in [6, 6.07) is 7.34. The van der Waals surface area contributed by atoms with Crippen LogP contribution in [0.4, 0.5) is 5.69 Å². The van der Waals surface area contributed by atoms with Crippen molar-refractivity contribution in [2.75, 3.05) is 12.3 Å². The number of ether oxygens (including phenoxy) is 1. The Hall–Kier alpha value is -1.71. The standard InChI is InChI=1S/C16H24N2O2/c1-16(2)9-3-4-13(10-16)18-15(19)11-20-14-7-5-12(17)6-8-14/h5-8,13H,3-4,9-11,17H2,1-2H3,(H,18,19). The first-order valence-electron chi connectivity index (χ1n) is 7.22. The van der Waals surface area contributed by atoms with Crippen LogP contribution in [-0.2, 0) is 4.79 Å². The van der Waals surface area contributed by atoms with Crippen molar-refractivity contribution in [3.05, 3.63) is 24.3 Å². The van der Waals surface area contributed by atoms with E-state index in [4.69, 9.17) is 10.5 Å². The second kappa shape index (κ2) is 6.16. The summed E-state index contributed by atoms with van der Waals surface area (Å²) >= 11 is 0. The molecular formula is C16H24N2O2. The summed E-state index contributed by atoms with van der Waals surface area (Å²) in [6.07, 6.45) is 4.52. The van der Waals surface area contributed by atoms with Crippen molar-refractivity contribution < 1.29 is 9.53 Å². The summed E-state index contributed by atoms with van der Waals surface area (Å²) in [5.41, 5.74) is 6.61. The molecule has 1 aliphatic carbocycles. The predicted molar refractivity (Wildman–Crippen MR) is 80.5 cm³/mol. The van der Waals surface area contributed by atoms with Gasteiger partial charge in [0, 0.05) is 11.7 Å². The Kier molecular flexibility index (Phi) is 4.53. The van der Waals surface area contributed by atoms with Crippen LogP contribution in [-0.4, -0.2) is 18.6 Å². The van der Waals surface area contributed by atoms with Gasteiger partial charge in [0.05, 0.1) is 0 Å². The minimum absolute atomic E-state index is 0.0514. The lowest BCUT2D eigenvalue weighted by molar-refractivity contribution is -0.124. The van der Waals surface area contributed by atoms with Crippen molar-refractivity contribution >= 4 is 11.6 Å². The van der Waals surface area contributed by atoms with Gasteiger partial charge >= 0.3 is 0 Å². The summed E-state index contributed by atoms with van der Waals surface area (Å²) in [7, 11) is 0. The number of anilines is 1. The van der Waals surface area contributed by atoms with Crippen LogP contribution >= 0.6 is 0 Å². The van der Waals surface area contributed by atoms with Gasteiger partial charge in [0.2, 0.25) is 0 Å². The molecule has 0 bridgehead atoms. The van der Waals surface area contributed by atoms with E-state index in [1.54, 1.807) is 24.3 Å². The van der Waals surface area contributed by atoms with Crippen molar-refractivity contribution in [1.82, 2.24) is 5.32 Å². The Labute approximate surface area is 120 Å². The van der Waals surface area contributed by atoms with Crippen molar-refractivity contribution in [2.45, 2.75) is 45.6 Å². The molecule has 1 aliphatic rings. The van der Waals surface area contributed by atoms with Gasteiger partial charge in [0.25, 0.3) is 5.91 Å². The van der Waals surface area contributed by atoms with E-state index in [1.165, 1.54) is 12.8 Å². The Bertz CT molecular complexity index is 454. The maximum Gasteiger partial charge on any atom is 0.258 e. The summed E-state index contributed by atoms with van der Waals surface area (Å²) in [5.74, 6) is 0.614. The molecule has 2 rings (SSSR count).